The molecule has 2 aliphatic rings. The van der Waals surface area contributed by atoms with Gasteiger partial charge in [0.15, 0.2) is 17.5 Å². The van der Waals surface area contributed by atoms with Gasteiger partial charge in [-0.25, -0.2) is 15.0 Å². The van der Waals surface area contributed by atoms with E-state index in [-0.39, 0.29) is 0 Å². The third-order valence-corrected chi connectivity index (χ3v) is 12.9. The van der Waals surface area contributed by atoms with Crippen molar-refractivity contribution in [1.82, 2.24) is 15.0 Å². The average molecular weight is 790 g/mol. The normalized spacial score (nSPS) is 14.5. The maximum atomic E-state index is 6.78. The maximum absolute atomic E-state index is 6.78. The van der Waals surface area contributed by atoms with Crippen molar-refractivity contribution in [3.8, 4) is 78.7 Å². The smallest absolute Gasteiger partial charge is 0.164 e. The zero-order valence-electron chi connectivity index (χ0n) is 33.5. The molecule has 0 radical (unpaired) electrons. The number of para-hydroxylation sites is 1. The van der Waals surface area contributed by atoms with Crippen molar-refractivity contribution in [1.29, 1.82) is 0 Å². The molecule has 9 aromatic carbocycles. The van der Waals surface area contributed by atoms with Crippen LogP contribution in [0.1, 0.15) is 22.3 Å². The van der Waals surface area contributed by atoms with Crippen LogP contribution < -0.4 is 0 Å². The monoisotopic (exact) mass is 789 g/mol. The summed E-state index contributed by atoms with van der Waals surface area (Å²) in [5.74, 6) is 1.86. The predicted molar refractivity (Wildman–Crippen MR) is 251 cm³/mol. The first kappa shape index (κ1) is 34.6. The molecular weight excluding hydrogens is 755 g/mol. The van der Waals surface area contributed by atoms with E-state index in [1.54, 1.807) is 0 Å². The van der Waals surface area contributed by atoms with Crippen LogP contribution in [0.15, 0.2) is 217 Å². The molecule has 0 saturated heterocycles. The minimum absolute atomic E-state index is 0.590. The Kier molecular flexibility index (Phi) is 7.49. The molecule has 11 aromatic rings. The molecule has 13 rings (SSSR count). The van der Waals surface area contributed by atoms with Gasteiger partial charge < -0.3 is 4.42 Å². The molecule has 2 heterocycles. The summed E-state index contributed by atoms with van der Waals surface area (Å²) in [5.41, 5.74) is 18.2. The van der Waals surface area contributed by atoms with E-state index in [1.165, 1.54) is 38.9 Å². The fourth-order valence-electron chi connectivity index (χ4n) is 10.2. The molecule has 2 aliphatic carbocycles. The number of nitrogens with zero attached hydrogens (tertiary/aromatic N) is 3. The summed E-state index contributed by atoms with van der Waals surface area (Å²) in [6.07, 6.45) is 0. The van der Waals surface area contributed by atoms with Gasteiger partial charge in [0.1, 0.15) is 11.2 Å². The molecule has 62 heavy (non-hydrogen) atoms. The molecule has 1 unspecified atom stereocenters. The quantitative estimate of drug-likeness (QED) is 0.174. The first-order valence-corrected chi connectivity index (χ1v) is 21.1. The van der Waals surface area contributed by atoms with Crippen LogP contribution in [-0.4, -0.2) is 15.0 Å². The van der Waals surface area contributed by atoms with E-state index in [9.17, 15) is 0 Å². The lowest BCUT2D eigenvalue weighted by Crippen LogP contribution is -2.25. The molecule has 288 valence electrons. The highest BCUT2D eigenvalue weighted by Gasteiger charge is 2.52. The lowest BCUT2D eigenvalue weighted by molar-refractivity contribution is 0.669. The molecule has 0 N–H and O–H groups in total. The Morgan fingerprint density at radius 3 is 1.47 bits per heavy atom. The van der Waals surface area contributed by atoms with Crippen LogP contribution >= 0.6 is 0 Å². The van der Waals surface area contributed by atoms with Crippen molar-refractivity contribution >= 4 is 21.9 Å². The molecule has 0 fully saturated rings. The van der Waals surface area contributed by atoms with E-state index < -0.39 is 5.41 Å². The van der Waals surface area contributed by atoms with Gasteiger partial charge in [0.2, 0.25) is 0 Å². The van der Waals surface area contributed by atoms with E-state index in [0.717, 1.165) is 66.4 Å². The van der Waals surface area contributed by atoms with Gasteiger partial charge in [-0.3, -0.25) is 0 Å². The Balaban J connectivity index is 1.05. The predicted octanol–water partition coefficient (Wildman–Crippen LogP) is 14.4. The highest BCUT2D eigenvalue weighted by molar-refractivity contribution is 6.13. The number of furan rings is 1. The highest BCUT2D eigenvalue weighted by atomic mass is 16.3. The van der Waals surface area contributed by atoms with E-state index >= 15 is 0 Å². The van der Waals surface area contributed by atoms with Gasteiger partial charge in [-0.2, -0.15) is 0 Å². The van der Waals surface area contributed by atoms with Gasteiger partial charge in [0.05, 0.1) is 5.41 Å². The Morgan fingerprint density at radius 2 is 0.806 bits per heavy atom. The summed E-state index contributed by atoms with van der Waals surface area (Å²) < 4.78 is 6.78. The fourth-order valence-corrected chi connectivity index (χ4v) is 10.2. The molecule has 0 bridgehead atoms. The Bertz CT molecular complexity index is 3490. The standard InChI is InChI=1S/C58H35N3O/c1-3-15-36(16-4-1)38-19-13-21-40(33-38)55-59-56(41-22-14-20-39(34-41)37-17-5-2-6-18-37)61-57(60-55)42-29-30-44-43-23-7-10-26-48(43)58(51(44)35-42)49-27-11-8-25-47(49)53-50(58)32-31-46-45-24-9-12-28-52(45)62-54(46)53/h1-35H. The number of rotatable bonds is 5. The zero-order chi connectivity index (χ0) is 40.8. The molecule has 0 amide bonds. The highest BCUT2D eigenvalue weighted by Crippen LogP contribution is 2.64. The number of hydrogen-bond acceptors (Lipinski definition) is 4. The van der Waals surface area contributed by atoms with Crippen LogP contribution in [0.3, 0.4) is 0 Å². The van der Waals surface area contributed by atoms with Crippen LogP contribution in [-0.2, 0) is 5.41 Å². The van der Waals surface area contributed by atoms with Crippen LogP contribution in [0.2, 0.25) is 0 Å². The van der Waals surface area contributed by atoms with Gasteiger partial charge >= 0.3 is 0 Å². The molecule has 2 aromatic heterocycles. The molecule has 1 atom stereocenters. The van der Waals surface area contributed by atoms with Crippen molar-refractivity contribution in [2.24, 2.45) is 0 Å². The average Bonchev–Trinajstić information content (AvgIpc) is 3.98. The minimum atomic E-state index is -0.590. The zero-order valence-corrected chi connectivity index (χ0v) is 33.5. The molecule has 0 aliphatic heterocycles. The molecular formula is C58H35N3O. The van der Waals surface area contributed by atoms with Gasteiger partial charge in [0, 0.05) is 33.0 Å². The lowest BCUT2D eigenvalue weighted by atomic mass is 9.70. The first-order chi connectivity index (χ1) is 30.7. The van der Waals surface area contributed by atoms with E-state index in [0.29, 0.717) is 17.5 Å². The second-order valence-electron chi connectivity index (χ2n) is 16.3. The number of benzene rings is 9. The summed E-state index contributed by atoms with van der Waals surface area (Å²) in [4.78, 5) is 15.9. The van der Waals surface area contributed by atoms with Crippen LogP contribution in [0.5, 0.6) is 0 Å². The number of fused-ring (bicyclic) bond motifs is 14. The van der Waals surface area contributed by atoms with Gasteiger partial charge in [0.25, 0.3) is 0 Å². The number of hydrogen-bond donors (Lipinski definition) is 0. The Hall–Kier alpha value is -8.21. The second-order valence-corrected chi connectivity index (χ2v) is 16.3. The van der Waals surface area contributed by atoms with Crippen molar-refractivity contribution in [3.63, 3.8) is 0 Å². The number of aromatic nitrogens is 3. The van der Waals surface area contributed by atoms with Crippen molar-refractivity contribution in [2.45, 2.75) is 5.41 Å². The summed E-state index contributed by atoms with van der Waals surface area (Å²) in [5, 5.41) is 2.26. The van der Waals surface area contributed by atoms with Gasteiger partial charge in [-0.1, -0.05) is 188 Å². The third-order valence-electron chi connectivity index (χ3n) is 12.9. The summed E-state index contributed by atoms with van der Waals surface area (Å²) in [6.45, 7) is 0. The lowest BCUT2D eigenvalue weighted by Gasteiger charge is -2.30. The first-order valence-electron chi connectivity index (χ1n) is 21.1. The Morgan fingerprint density at radius 1 is 0.306 bits per heavy atom. The third kappa shape index (κ3) is 5.04. The maximum Gasteiger partial charge on any atom is 0.164 e. The summed E-state index contributed by atoms with van der Waals surface area (Å²) >= 11 is 0. The van der Waals surface area contributed by atoms with Crippen LogP contribution in [0.4, 0.5) is 0 Å². The SMILES string of the molecule is c1ccc(-c2cccc(-c3nc(-c4cccc(-c5ccccc5)c4)nc(-c4ccc5c(c4)C4(c6ccccc6-5)c5ccccc5-c5c4ccc4c5oc5ccccc54)n3)c2)cc1. The minimum Gasteiger partial charge on any atom is -0.455 e. The topological polar surface area (TPSA) is 51.8 Å². The van der Waals surface area contributed by atoms with Crippen molar-refractivity contribution < 1.29 is 4.42 Å². The molecule has 4 nitrogen and oxygen atoms in total. The van der Waals surface area contributed by atoms with E-state index in [1.807, 2.05) is 18.2 Å². The van der Waals surface area contributed by atoms with Crippen LogP contribution in [0, 0.1) is 0 Å². The fraction of sp³-hybridized carbons (Fsp3) is 0.0172. The Labute approximate surface area is 358 Å². The second kappa shape index (κ2) is 13.4. The molecule has 1 spiro atoms. The van der Waals surface area contributed by atoms with Gasteiger partial charge in [-0.15, -0.1) is 0 Å². The largest absolute Gasteiger partial charge is 0.455 e. The van der Waals surface area contributed by atoms with E-state index in [2.05, 4.69) is 194 Å². The van der Waals surface area contributed by atoms with Gasteiger partial charge in [-0.05, 0) is 85.5 Å². The summed E-state index contributed by atoms with van der Waals surface area (Å²) in [6, 6.07) is 75.4. The van der Waals surface area contributed by atoms with Crippen molar-refractivity contribution in [2.75, 3.05) is 0 Å². The molecule has 0 saturated carbocycles. The summed E-state index contributed by atoms with van der Waals surface area (Å²) in [7, 11) is 0. The van der Waals surface area contributed by atoms with Crippen LogP contribution in [0.25, 0.3) is 101 Å². The van der Waals surface area contributed by atoms with E-state index in [4.69, 9.17) is 19.4 Å². The molecule has 4 heteroatoms. The van der Waals surface area contributed by atoms with Crippen molar-refractivity contribution in [3.05, 3.63) is 235 Å².